The second-order valence-electron chi connectivity index (χ2n) is 5.29. The molecule has 1 N–H and O–H groups in total. The van der Waals surface area contributed by atoms with Crippen molar-refractivity contribution >= 4 is 11.6 Å². The minimum atomic E-state index is 0.00373. The SMILES string of the molecule is CCc1ccc(NC(=O)CCc2ccc(OC)c(OC)c2)cc1. The molecule has 122 valence electrons. The number of benzene rings is 2. The van der Waals surface area contributed by atoms with E-state index in [1.165, 1.54) is 5.56 Å². The predicted octanol–water partition coefficient (Wildman–Crippen LogP) is 3.84. The standard InChI is InChI=1S/C19H23NO3/c1-4-14-5-9-16(10-6-14)20-19(21)12-8-15-7-11-17(22-2)18(13-15)23-3/h5-7,9-11,13H,4,8,12H2,1-3H3,(H,20,21). The van der Waals surface area contributed by atoms with Gasteiger partial charge in [0.1, 0.15) is 0 Å². The van der Waals surface area contributed by atoms with E-state index < -0.39 is 0 Å². The minimum Gasteiger partial charge on any atom is -0.493 e. The van der Waals surface area contributed by atoms with E-state index in [2.05, 4.69) is 12.2 Å². The molecule has 0 bridgehead atoms. The number of carbonyl (C=O) groups excluding carboxylic acids is 1. The van der Waals surface area contributed by atoms with E-state index in [0.29, 0.717) is 24.3 Å². The first kappa shape index (κ1) is 16.9. The van der Waals surface area contributed by atoms with Crippen LogP contribution < -0.4 is 14.8 Å². The molecular formula is C19H23NO3. The fraction of sp³-hybridized carbons (Fsp3) is 0.316. The van der Waals surface area contributed by atoms with Crippen molar-refractivity contribution in [1.29, 1.82) is 0 Å². The van der Waals surface area contributed by atoms with Crippen LogP contribution in [0.3, 0.4) is 0 Å². The molecule has 0 saturated heterocycles. The second-order valence-corrected chi connectivity index (χ2v) is 5.29. The van der Waals surface area contributed by atoms with Gasteiger partial charge in [0, 0.05) is 12.1 Å². The van der Waals surface area contributed by atoms with Crippen molar-refractivity contribution in [2.24, 2.45) is 0 Å². The molecule has 0 aliphatic heterocycles. The van der Waals surface area contributed by atoms with Gasteiger partial charge in [-0.2, -0.15) is 0 Å². The molecule has 2 aromatic carbocycles. The van der Waals surface area contributed by atoms with E-state index in [0.717, 1.165) is 17.7 Å². The smallest absolute Gasteiger partial charge is 0.224 e. The molecule has 4 heteroatoms. The highest BCUT2D eigenvalue weighted by Gasteiger charge is 2.07. The van der Waals surface area contributed by atoms with Crippen LogP contribution in [-0.2, 0) is 17.6 Å². The lowest BCUT2D eigenvalue weighted by atomic mass is 10.1. The highest BCUT2D eigenvalue weighted by atomic mass is 16.5. The molecule has 0 radical (unpaired) electrons. The molecule has 0 aliphatic carbocycles. The number of hydrogen-bond donors (Lipinski definition) is 1. The van der Waals surface area contributed by atoms with Crippen LogP contribution in [0.25, 0.3) is 0 Å². The molecule has 2 aromatic rings. The third-order valence-corrected chi connectivity index (χ3v) is 3.73. The van der Waals surface area contributed by atoms with Crippen LogP contribution in [0.1, 0.15) is 24.5 Å². The van der Waals surface area contributed by atoms with Crippen molar-refractivity contribution in [2.45, 2.75) is 26.2 Å². The Morgan fingerprint density at radius 3 is 2.22 bits per heavy atom. The fourth-order valence-corrected chi connectivity index (χ4v) is 2.34. The molecule has 1 amide bonds. The Labute approximate surface area is 137 Å². The van der Waals surface area contributed by atoms with E-state index in [1.807, 2.05) is 42.5 Å². The zero-order valence-electron chi connectivity index (χ0n) is 13.9. The number of anilines is 1. The van der Waals surface area contributed by atoms with E-state index in [1.54, 1.807) is 14.2 Å². The number of hydrogen-bond acceptors (Lipinski definition) is 3. The van der Waals surface area contributed by atoms with Gasteiger partial charge in [-0.25, -0.2) is 0 Å². The summed E-state index contributed by atoms with van der Waals surface area (Å²) in [6, 6.07) is 13.6. The van der Waals surface area contributed by atoms with Gasteiger partial charge in [0.15, 0.2) is 11.5 Å². The van der Waals surface area contributed by atoms with Crippen LogP contribution >= 0.6 is 0 Å². The third kappa shape index (κ3) is 4.74. The summed E-state index contributed by atoms with van der Waals surface area (Å²) in [4.78, 5) is 12.1. The summed E-state index contributed by atoms with van der Waals surface area (Å²) >= 11 is 0. The molecule has 0 aromatic heterocycles. The Morgan fingerprint density at radius 1 is 0.957 bits per heavy atom. The maximum Gasteiger partial charge on any atom is 0.224 e. The fourth-order valence-electron chi connectivity index (χ4n) is 2.34. The Kier molecular flexibility index (Phi) is 6.03. The molecule has 0 spiro atoms. The molecule has 23 heavy (non-hydrogen) atoms. The largest absolute Gasteiger partial charge is 0.493 e. The highest BCUT2D eigenvalue weighted by Crippen LogP contribution is 2.28. The van der Waals surface area contributed by atoms with Crippen molar-refractivity contribution in [1.82, 2.24) is 0 Å². The van der Waals surface area contributed by atoms with Crippen LogP contribution in [0.15, 0.2) is 42.5 Å². The third-order valence-electron chi connectivity index (χ3n) is 3.73. The first-order valence-corrected chi connectivity index (χ1v) is 7.76. The summed E-state index contributed by atoms with van der Waals surface area (Å²) in [5, 5.41) is 2.92. The lowest BCUT2D eigenvalue weighted by molar-refractivity contribution is -0.116. The lowest BCUT2D eigenvalue weighted by Gasteiger charge is -2.10. The van der Waals surface area contributed by atoms with Gasteiger partial charge in [-0.05, 0) is 48.2 Å². The summed E-state index contributed by atoms with van der Waals surface area (Å²) < 4.78 is 10.5. The number of amides is 1. The summed E-state index contributed by atoms with van der Waals surface area (Å²) in [6.45, 7) is 2.11. The van der Waals surface area contributed by atoms with Gasteiger partial charge in [0.05, 0.1) is 14.2 Å². The van der Waals surface area contributed by atoms with Gasteiger partial charge in [0.2, 0.25) is 5.91 Å². The van der Waals surface area contributed by atoms with E-state index in [-0.39, 0.29) is 5.91 Å². The molecule has 4 nitrogen and oxygen atoms in total. The van der Waals surface area contributed by atoms with Crippen LogP contribution in [0.4, 0.5) is 5.69 Å². The van der Waals surface area contributed by atoms with Gasteiger partial charge in [-0.1, -0.05) is 25.1 Å². The monoisotopic (exact) mass is 313 g/mol. The van der Waals surface area contributed by atoms with Gasteiger partial charge < -0.3 is 14.8 Å². The molecule has 0 heterocycles. The highest BCUT2D eigenvalue weighted by molar-refractivity contribution is 5.90. The number of nitrogens with one attached hydrogen (secondary N) is 1. The van der Waals surface area contributed by atoms with Gasteiger partial charge in [-0.15, -0.1) is 0 Å². The lowest BCUT2D eigenvalue weighted by Crippen LogP contribution is -2.12. The summed E-state index contributed by atoms with van der Waals surface area (Å²) in [5.41, 5.74) is 3.13. The van der Waals surface area contributed by atoms with Crippen molar-refractivity contribution in [3.63, 3.8) is 0 Å². The topological polar surface area (TPSA) is 47.6 Å². The van der Waals surface area contributed by atoms with Gasteiger partial charge >= 0.3 is 0 Å². The van der Waals surface area contributed by atoms with Crippen molar-refractivity contribution < 1.29 is 14.3 Å². The van der Waals surface area contributed by atoms with Crippen LogP contribution in [0, 0.1) is 0 Å². The number of aryl methyl sites for hydroxylation is 2. The zero-order chi connectivity index (χ0) is 16.7. The average molecular weight is 313 g/mol. The molecule has 0 unspecified atom stereocenters. The molecular weight excluding hydrogens is 290 g/mol. The van der Waals surface area contributed by atoms with Gasteiger partial charge in [-0.3, -0.25) is 4.79 Å². The van der Waals surface area contributed by atoms with Crippen molar-refractivity contribution in [2.75, 3.05) is 19.5 Å². The van der Waals surface area contributed by atoms with Gasteiger partial charge in [0.25, 0.3) is 0 Å². The summed E-state index contributed by atoms with van der Waals surface area (Å²) in [6.07, 6.45) is 2.07. The van der Waals surface area contributed by atoms with Crippen molar-refractivity contribution in [3.8, 4) is 11.5 Å². The molecule has 0 atom stereocenters. The second kappa shape index (κ2) is 8.22. The maximum absolute atomic E-state index is 12.1. The quantitative estimate of drug-likeness (QED) is 0.845. The Morgan fingerprint density at radius 2 is 1.61 bits per heavy atom. The number of rotatable bonds is 7. The predicted molar refractivity (Wildman–Crippen MR) is 92.3 cm³/mol. The Bertz CT molecular complexity index is 650. The average Bonchev–Trinajstić information content (AvgIpc) is 2.60. The van der Waals surface area contributed by atoms with E-state index in [9.17, 15) is 4.79 Å². The maximum atomic E-state index is 12.1. The minimum absolute atomic E-state index is 0.00373. The molecule has 0 aliphatic rings. The molecule has 0 fully saturated rings. The zero-order valence-corrected chi connectivity index (χ0v) is 13.9. The number of ether oxygens (including phenoxy) is 2. The normalized spacial score (nSPS) is 10.2. The summed E-state index contributed by atoms with van der Waals surface area (Å²) in [5.74, 6) is 1.38. The number of methoxy groups -OCH3 is 2. The van der Waals surface area contributed by atoms with Crippen molar-refractivity contribution in [3.05, 3.63) is 53.6 Å². The number of carbonyl (C=O) groups is 1. The summed E-state index contributed by atoms with van der Waals surface area (Å²) in [7, 11) is 3.21. The first-order valence-electron chi connectivity index (χ1n) is 7.76. The van der Waals surface area contributed by atoms with E-state index in [4.69, 9.17) is 9.47 Å². The molecule has 2 rings (SSSR count). The van der Waals surface area contributed by atoms with Crippen LogP contribution in [-0.4, -0.2) is 20.1 Å². The first-order chi connectivity index (χ1) is 11.2. The van der Waals surface area contributed by atoms with Crippen LogP contribution in [0.2, 0.25) is 0 Å². The van der Waals surface area contributed by atoms with Crippen LogP contribution in [0.5, 0.6) is 11.5 Å². The Hall–Kier alpha value is -2.49. The Balaban J connectivity index is 1.90. The van der Waals surface area contributed by atoms with E-state index >= 15 is 0 Å². The molecule has 0 saturated carbocycles.